The van der Waals surface area contributed by atoms with E-state index in [4.69, 9.17) is 14.0 Å². The van der Waals surface area contributed by atoms with E-state index in [1.807, 2.05) is 70.2 Å². The smallest absolute Gasteiger partial charge is 0.488 e. The third-order valence-corrected chi connectivity index (χ3v) is 4.51. The highest BCUT2D eigenvalue weighted by molar-refractivity contribution is 6.62. The third kappa shape index (κ3) is 3.26. The van der Waals surface area contributed by atoms with Crippen LogP contribution in [0.5, 0.6) is 5.75 Å². The van der Waals surface area contributed by atoms with Crippen molar-refractivity contribution < 1.29 is 14.0 Å². The topological polar surface area (TPSA) is 40.6 Å². The minimum atomic E-state index is -0.521. The molecule has 0 radical (unpaired) electrons. The van der Waals surface area contributed by atoms with Gasteiger partial charge in [-0.25, -0.2) is 0 Å². The molecule has 1 fully saturated rings. The Morgan fingerprint density at radius 2 is 1.61 bits per heavy atom. The molecule has 0 bridgehead atoms. The van der Waals surface area contributed by atoms with Gasteiger partial charge in [-0.15, -0.1) is 0 Å². The highest BCUT2D eigenvalue weighted by atomic mass is 16.7. The van der Waals surface area contributed by atoms with Crippen molar-refractivity contribution in [3.63, 3.8) is 0 Å². The van der Waals surface area contributed by atoms with Gasteiger partial charge in [-0.2, -0.15) is 0 Å². The number of aromatic nitrogens is 1. The van der Waals surface area contributed by atoms with E-state index >= 15 is 0 Å². The van der Waals surface area contributed by atoms with Crippen LogP contribution in [0.15, 0.2) is 48.7 Å². The molecule has 1 aliphatic heterocycles. The van der Waals surface area contributed by atoms with E-state index in [9.17, 15) is 0 Å². The van der Waals surface area contributed by atoms with Crippen LogP contribution in [0.25, 0.3) is 0 Å². The summed E-state index contributed by atoms with van der Waals surface area (Å²) in [6.45, 7) is 8.60. The van der Waals surface area contributed by atoms with Gasteiger partial charge in [0, 0.05) is 6.20 Å². The number of nitrogens with zero attached hydrogens (tertiary/aromatic N) is 1. The van der Waals surface area contributed by atoms with Gasteiger partial charge < -0.3 is 14.0 Å². The first-order chi connectivity index (χ1) is 10.9. The third-order valence-electron chi connectivity index (χ3n) is 4.51. The molecule has 23 heavy (non-hydrogen) atoms. The molecule has 5 heteroatoms. The summed E-state index contributed by atoms with van der Waals surface area (Å²) in [6, 6.07) is 13.8. The Bertz CT molecular complexity index is 657. The Morgan fingerprint density at radius 1 is 0.957 bits per heavy atom. The summed E-state index contributed by atoms with van der Waals surface area (Å²) in [5, 5.41) is 0. The van der Waals surface area contributed by atoms with E-state index in [0.717, 1.165) is 5.56 Å². The zero-order valence-corrected chi connectivity index (χ0v) is 14.1. The Balaban J connectivity index is 1.79. The molecule has 2 heterocycles. The van der Waals surface area contributed by atoms with E-state index in [2.05, 4.69) is 4.98 Å². The molecule has 3 rings (SSSR count). The fourth-order valence-electron chi connectivity index (χ4n) is 2.39. The standard InChI is InChI=1S/C18H22BNO3/c1-17(2)18(3,4)23-19(22-17)16-15(11-8-12-20-16)21-13-14-9-6-5-7-10-14/h5-12H,13H2,1-4H3. The number of benzene rings is 1. The van der Waals surface area contributed by atoms with Gasteiger partial charge in [0.15, 0.2) is 0 Å². The van der Waals surface area contributed by atoms with Crippen LogP contribution in [0.3, 0.4) is 0 Å². The van der Waals surface area contributed by atoms with Crippen molar-refractivity contribution in [2.75, 3.05) is 0 Å². The molecule has 0 aliphatic carbocycles. The molecule has 4 nitrogen and oxygen atoms in total. The highest BCUT2D eigenvalue weighted by Gasteiger charge is 2.53. The van der Waals surface area contributed by atoms with Gasteiger partial charge in [0.2, 0.25) is 0 Å². The largest absolute Gasteiger partial charge is 0.518 e. The summed E-state index contributed by atoms with van der Waals surface area (Å²) in [7, 11) is -0.521. The fourth-order valence-corrected chi connectivity index (χ4v) is 2.39. The maximum absolute atomic E-state index is 6.08. The molecule has 1 aromatic heterocycles. The number of pyridine rings is 1. The average Bonchev–Trinajstić information content (AvgIpc) is 2.75. The lowest BCUT2D eigenvalue weighted by Gasteiger charge is -2.32. The summed E-state index contributed by atoms with van der Waals surface area (Å²) in [6.07, 6.45) is 1.73. The lowest BCUT2D eigenvalue weighted by molar-refractivity contribution is 0.00578. The van der Waals surface area contributed by atoms with Crippen LogP contribution >= 0.6 is 0 Å². The fraction of sp³-hybridized carbons (Fsp3) is 0.389. The summed E-state index contributed by atoms with van der Waals surface area (Å²) in [4.78, 5) is 4.43. The monoisotopic (exact) mass is 311 g/mol. The maximum atomic E-state index is 6.08. The van der Waals surface area contributed by atoms with Gasteiger partial charge in [-0.05, 0) is 45.4 Å². The number of hydrogen-bond acceptors (Lipinski definition) is 4. The summed E-state index contributed by atoms with van der Waals surface area (Å²) >= 11 is 0. The summed E-state index contributed by atoms with van der Waals surface area (Å²) in [5.41, 5.74) is 0.996. The summed E-state index contributed by atoms with van der Waals surface area (Å²) in [5.74, 6) is 0.690. The number of ether oxygens (including phenoxy) is 1. The van der Waals surface area contributed by atoms with E-state index in [1.54, 1.807) is 6.20 Å². The van der Waals surface area contributed by atoms with Crippen LogP contribution in [0, 0.1) is 0 Å². The summed E-state index contributed by atoms with van der Waals surface area (Å²) < 4.78 is 18.1. The Morgan fingerprint density at radius 3 is 2.26 bits per heavy atom. The van der Waals surface area contributed by atoms with E-state index in [1.165, 1.54) is 0 Å². The molecule has 2 aromatic rings. The molecule has 1 saturated heterocycles. The lowest BCUT2D eigenvalue weighted by atomic mass is 9.83. The quantitative estimate of drug-likeness (QED) is 0.814. The van der Waals surface area contributed by atoms with Crippen LogP contribution in [0.1, 0.15) is 33.3 Å². The first kappa shape index (κ1) is 16.0. The van der Waals surface area contributed by atoms with Crippen molar-refractivity contribution in [3.8, 4) is 5.75 Å². The first-order valence-electron chi connectivity index (χ1n) is 7.86. The second-order valence-electron chi connectivity index (χ2n) is 6.75. The number of rotatable bonds is 4. The lowest BCUT2D eigenvalue weighted by Crippen LogP contribution is -2.41. The van der Waals surface area contributed by atoms with Gasteiger partial charge in [-0.1, -0.05) is 30.3 Å². The van der Waals surface area contributed by atoms with Gasteiger partial charge in [0.05, 0.1) is 11.2 Å². The van der Waals surface area contributed by atoms with Crippen molar-refractivity contribution >= 4 is 12.7 Å². The van der Waals surface area contributed by atoms with Gasteiger partial charge in [0.25, 0.3) is 0 Å². The molecule has 0 amide bonds. The highest BCUT2D eigenvalue weighted by Crippen LogP contribution is 2.36. The molecule has 1 aliphatic rings. The SMILES string of the molecule is CC1(C)OB(c2ncccc2OCc2ccccc2)OC1(C)C. The zero-order chi connectivity index (χ0) is 16.5. The Hall–Kier alpha value is -1.85. The van der Waals surface area contributed by atoms with Gasteiger partial charge in [-0.3, -0.25) is 4.98 Å². The van der Waals surface area contributed by atoms with Crippen LogP contribution < -0.4 is 10.3 Å². The predicted molar refractivity (Wildman–Crippen MR) is 90.7 cm³/mol. The first-order valence-corrected chi connectivity index (χ1v) is 7.86. The van der Waals surface area contributed by atoms with Gasteiger partial charge >= 0.3 is 7.12 Å². The Labute approximate surface area is 137 Å². The average molecular weight is 311 g/mol. The van der Waals surface area contributed by atoms with Crippen molar-refractivity contribution in [1.82, 2.24) is 4.98 Å². The van der Waals surface area contributed by atoms with Crippen molar-refractivity contribution in [2.45, 2.75) is 45.5 Å². The number of hydrogen-bond donors (Lipinski definition) is 0. The predicted octanol–water partition coefficient (Wildman–Crippen LogP) is 2.96. The van der Waals surface area contributed by atoms with Crippen molar-refractivity contribution in [3.05, 3.63) is 54.2 Å². The normalized spacial score (nSPS) is 18.9. The Kier molecular flexibility index (Phi) is 4.17. The molecule has 0 saturated carbocycles. The van der Waals surface area contributed by atoms with Gasteiger partial charge in [0.1, 0.15) is 17.9 Å². The van der Waals surface area contributed by atoms with Crippen LogP contribution in [-0.4, -0.2) is 23.3 Å². The van der Waals surface area contributed by atoms with E-state index < -0.39 is 18.3 Å². The van der Waals surface area contributed by atoms with E-state index in [0.29, 0.717) is 17.9 Å². The molecule has 0 N–H and O–H groups in total. The van der Waals surface area contributed by atoms with Crippen LogP contribution in [0.4, 0.5) is 0 Å². The minimum absolute atomic E-state index is 0.397. The van der Waals surface area contributed by atoms with E-state index in [-0.39, 0.29) is 0 Å². The van der Waals surface area contributed by atoms with Crippen LogP contribution in [0.2, 0.25) is 0 Å². The molecule has 120 valence electrons. The maximum Gasteiger partial charge on any atom is 0.518 e. The van der Waals surface area contributed by atoms with Crippen molar-refractivity contribution in [1.29, 1.82) is 0 Å². The molecule has 1 aromatic carbocycles. The second-order valence-corrected chi connectivity index (χ2v) is 6.75. The van der Waals surface area contributed by atoms with Crippen molar-refractivity contribution in [2.24, 2.45) is 0 Å². The minimum Gasteiger partial charge on any atom is -0.488 e. The van der Waals surface area contributed by atoms with Crippen LogP contribution in [-0.2, 0) is 15.9 Å². The molecular weight excluding hydrogens is 289 g/mol. The molecule has 0 spiro atoms. The molecule has 0 atom stereocenters. The molecule has 0 unspecified atom stereocenters. The second kappa shape index (κ2) is 5.98. The zero-order valence-electron chi connectivity index (χ0n) is 14.1. The molecular formula is C18H22BNO3.